The van der Waals surface area contributed by atoms with E-state index in [2.05, 4.69) is 61.0 Å². The number of imidazole rings is 1. The molecule has 6 rings (SSSR count). The van der Waals surface area contributed by atoms with Crippen molar-refractivity contribution in [3.63, 3.8) is 0 Å². The normalized spacial score (nSPS) is 14.7. The van der Waals surface area contributed by atoms with Crippen LogP contribution in [0.2, 0.25) is 0 Å². The number of nitrogens with zero attached hydrogens (tertiary/aromatic N) is 7. The molecule has 196 valence electrons. The minimum atomic E-state index is 0.630. The number of nitrogens with one attached hydrogen (secondary N) is 2. The summed E-state index contributed by atoms with van der Waals surface area (Å²) in [5, 5.41) is 7.71. The predicted molar refractivity (Wildman–Crippen MR) is 151 cm³/mol. The lowest BCUT2D eigenvalue weighted by atomic mass is 10.1. The fourth-order valence-corrected chi connectivity index (χ4v) is 4.83. The molecule has 0 bridgehead atoms. The van der Waals surface area contributed by atoms with Crippen molar-refractivity contribution in [2.24, 2.45) is 0 Å². The van der Waals surface area contributed by atoms with Gasteiger partial charge in [-0.05, 0) is 70.0 Å². The van der Waals surface area contributed by atoms with Gasteiger partial charge in [0.05, 0.1) is 16.7 Å². The van der Waals surface area contributed by atoms with Gasteiger partial charge in [0.1, 0.15) is 23.4 Å². The number of H-pyrrole nitrogens is 2. The molecule has 4 aromatic heterocycles. The van der Waals surface area contributed by atoms with Crippen LogP contribution in [-0.2, 0) is 0 Å². The van der Waals surface area contributed by atoms with Gasteiger partial charge in [-0.1, -0.05) is 0 Å². The topological polar surface area (TPSA) is 102 Å². The van der Waals surface area contributed by atoms with Crippen molar-refractivity contribution in [2.75, 3.05) is 65.4 Å². The van der Waals surface area contributed by atoms with Gasteiger partial charge in [0, 0.05) is 44.5 Å². The van der Waals surface area contributed by atoms with Crippen LogP contribution >= 0.6 is 0 Å². The molecule has 0 saturated carbocycles. The van der Waals surface area contributed by atoms with Gasteiger partial charge in [0.25, 0.3) is 0 Å². The fraction of sp³-hybridized carbons (Fsp3) is 0.357. The molecule has 10 heteroatoms. The molecule has 5 aromatic rings. The van der Waals surface area contributed by atoms with Crippen molar-refractivity contribution >= 4 is 27.9 Å². The highest BCUT2D eigenvalue weighted by Gasteiger charge is 2.21. The van der Waals surface area contributed by atoms with E-state index in [1.165, 1.54) is 0 Å². The molecular weight excluding hydrogens is 478 g/mol. The maximum atomic E-state index is 6.01. The van der Waals surface area contributed by atoms with Gasteiger partial charge in [0.15, 0.2) is 17.3 Å². The third-order valence-corrected chi connectivity index (χ3v) is 6.97. The molecule has 0 spiro atoms. The van der Waals surface area contributed by atoms with E-state index in [0.29, 0.717) is 18.1 Å². The number of fused-ring (bicyclic) bond motifs is 2. The Kier molecular flexibility index (Phi) is 6.42. The summed E-state index contributed by atoms with van der Waals surface area (Å²) in [4.78, 5) is 24.9. The number of likely N-dealkylation sites (N-methyl/N-ethyl adjacent to an activating group) is 2. The first-order valence-corrected chi connectivity index (χ1v) is 13.0. The second kappa shape index (κ2) is 10.0. The summed E-state index contributed by atoms with van der Waals surface area (Å²) in [5.41, 5.74) is 7.11. The van der Waals surface area contributed by atoms with E-state index in [0.717, 1.165) is 83.2 Å². The average molecular weight is 512 g/mol. The first-order valence-electron chi connectivity index (χ1n) is 13.0. The van der Waals surface area contributed by atoms with Gasteiger partial charge < -0.3 is 24.4 Å². The van der Waals surface area contributed by atoms with Gasteiger partial charge in [-0.25, -0.2) is 15.0 Å². The predicted octanol–water partition coefficient (Wildman–Crippen LogP) is 3.56. The van der Waals surface area contributed by atoms with Crippen molar-refractivity contribution in [3.8, 4) is 28.5 Å². The van der Waals surface area contributed by atoms with Crippen LogP contribution in [0.25, 0.3) is 44.8 Å². The summed E-state index contributed by atoms with van der Waals surface area (Å²) >= 11 is 0. The van der Waals surface area contributed by atoms with Crippen molar-refractivity contribution < 1.29 is 4.74 Å². The van der Waals surface area contributed by atoms with Crippen LogP contribution in [0.3, 0.4) is 0 Å². The molecule has 1 aliphatic heterocycles. The van der Waals surface area contributed by atoms with E-state index in [4.69, 9.17) is 14.7 Å². The van der Waals surface area contributed by atoms with Crippen LogP contribution in [0, 0.1) is 6.92 Å². The van der Waals surface area contributed by atoms with Crippen LogP contribution in [0.4, 0.5) is 5.82 Å². The molecule has 38 heavy (non-hydrogen) atoms. The van der Waals surface area contributed by atoms with Crippen molar-refractivity contribution in [3.05, 3.63) is 48.2 Å². The molecule has 2 N–H and O–H groups in total. The lowest BCUT2D eigenvalue weighted by molar-refractivity contribution is 0.261. The number of benzene rings is 1. The molecule has 1 fully saturated rings. The maximum Gasteiger partial charge on any atom is 0.161 e. The Morgan fingerprint density at radius 2 is 1.82 bits per heavy atom. The molecular formula is C28H33N9O. The number of hydrogen-bond acceptors (Lipinski definition) is 8. The zero-order chi connectivity index (χ0) is 26.2. The Morgan fingerprint density at radius 1 is 0.974 bits per heavy atom. The van der Waals surface area contributed by atoms with Crippen molar-refractivity contribution in [2.45, 2.75) is 6.92 Å². The number of anilines is 1. The molecule has 0 atom stereocenters. The van der Waals surface area contributed by atoms with E-state index in [9.17, 15) is 0 Å². The quantitative estimate of drug-likeness (QED) is 0.342. The third kappa shape index (κ3) is 4.80. The zero-order valence-electron chi connectivity index (χ0n) is 22.3. The molecule has 1 aliphatic rings. The van der Waals surface area contributed by atoms with Gasteiger partial charge in [0.2, 0.25) is 0 Å². The number of aryl methyl sites for hydroxylation is 1. The average Bonchev–Trinajstić information content (AvgIpc) is 3.52. The highest BCUT2D eigenvalue weighted by molar-refractivity contribution is 5.94. The summed E-state index contributed by atoms with van der Waals surface area (Å²) in [6, 6.07) is 12.2. The standard InChI is InChI=1S/C28H33N9O/c1-18-15-19(17-20(16-18)38-14-13-35(2)3)21-5-6-23-24(30-21)26(34-33-23)27-31-22-7-8-29-28(25(22)32-27)37-11-9-36(4)10-12-37/h5-8,15-17H,9-14H2,1-4H3,(H,31,32)(H,33,34). The molecule has 1 saturated heterocycles. The van der Waals surface area contributed by atoms with E-state index in [1.807, 2.05) is 44.6 Å². The molecule has 0 radical (unpaired) electrons. The van der Waals surface area contributed by atoms with Gasteiger partial charge in [-0.15, -0.1) is 0 Å². The number of pyridine rings is 2. The second-order valence-electron chi connectivity index (χ2n) is 10.3. The van der Waals surface area contributed by atoms with Gasteiger partial charge in [-0.3, -0.25) is 5.10 Å². The first-order chi connectivity index (χ1) is 18.4. The summed E-state index contributed by atoms with van der Waals surface area (Å²) in [6.45, 7) is 7.43. The minimum absolute atomic E-state index is 0.630. The lowest BCUT2D eigenvalue weighted by Gasteiger charge is -2.33. The molecule has 0 amide bonds. The monoisotopic (exact) mass is 511 g/mol. The number of piperazine rings is 1. The Bertz CT molecular complexity index is 1580. The number of ether oxygens (including phenoxy) is 1. The van der Waals surface area contributed by atoms with Crippen molar-refractivity contribution in [1.82, 2.24) is 39.9 Å². The largest absolute Gasteiger partial charge is 0.492 e. The summed E-state index contributed by atoms with van der Waals surface area (Å²) in [7, 11) is 6.23. The SMILES string of the molecule is Cc1cc(OCCN(C)C)cc(-c2ccc3[nH]nc(-c4nc5c(N6CCN(C)CC6)nccc5[nH]4)c3n2)c1. The minimum Gasteiger partial charge on any atom is -0.492 e. The Balaban J connectivity index is 1.35. The third-order valence-electron chi connectivity index (χ3n) is 6.97. The van der Waals surface area contributed by atoms with Crippen molar-refractivity contribution in [1.29, 1.82) is 0 Å². The Morgan fingerprint density at radius 3 is 2.63 bits per heavy atom. The summed E-state index contributed by atoms with van der Waals surface area (Å²) < 4.78 is 6.01. The molecule has 10 nitrogen and oxygen atoms in total. The van der Waals surface area contributed by atoms with Crippen LogP contribution in [-0.4, -0.2) is 100 Å². The first kappa shape index (κ1) is 24.3. The number of rotatable bonds is 7. The Hall–Kier alpha value is -4.02. The number of hydrogen-bond donors (Lipinski definition) is 2. The van der Waals surface area contributed by atoms with Crippen LogP contribution < -0.4 is 9.64 Å². The van der Waals surface area contributed by atoms with Crippen LogP contribution in [0.1, 0.15) is 5.56 Å². The molecule has 1 aromatic carbocycles. The molecule has 0 aliphatic carbocycles. The smallest absolute Gasteiger partial charge is 0.161 e. The fourth-order valence-electron chi connectivity index (χ4n) is 4.83. The van der Waals surface area contributed by atoms with Crippen LogP contribution in [0.15, 0.2) is 42.6 Å². The highest BCUT2D eigenvalue weighted by Crippen LogP contribution is 2.31. The number of aromatic amines is 2. The van der Waals surface area contributed by atoms with E-state index in [-0.39, 0.29) is 0 Å². The van der Waals surface area contributed by atoms with Gasteiger partial charge >= 0.3 is 0 Å². The van der Waals surface area contributed by atoms with Crippen LogP contribution in [0.5, 0.6) is 5.75 Å². The summed E-state index contributed by atoms with van der Waals surface area (Å²) in [6.07, 6.45) is 1.84. The Labute approximate surface area is 221 Å². The van der Waals surface area contributed by atoms with Gasteiger partial charge in [-0.2, -0.15) is 5.10 Å². The summed E-state index contributed by atoms with van der Waals surface area (Å²) in [5.74, 6) is 2.43. The van der Waals surface area contributed by atoms with E-state index in [1.54, 1.807) is 0 Å². The second-order valence-corrected chi connectivity index (χ2v) is 10.3. The lowest BCUT2D eigenvalue weighted by Crippen LogP contribution is -2.44. The molecule has 5 heterocycles. The van der Waals surface area contributed by atoms with E-state index < -0.39 is 0 Å². The maximum absolute atomic E-state index is 6.01. The number of aromatic nitrogens is 6. The molecule has 0 unspecified atom stereocenters. The highest BCUT2D eigenvalue weighted by atomic mass is 16.5. The van der Waals surface area contributed by atoms with E-state index >= 15 is 0 Å². The zero-order valence-corrected chi connectivity index (χ0v) is 22.3.